The van der Waals surface area contributed by atoms with Crippen LogP contribution in [0.5, 0.6) is 0 Å². The van der Waals surface area contributed by atoms with Gasteiger partial charge in [0.15, 0.2) is 0 Å². The highest BCUT2D eigenvalue weighted by Gasteiger charge is 2.17. The number of hydrogen-bond donors (Lipinski definition) is 1. The van der Waals surface area contributed by atoms with Crippen LogP contribution in [0.3, 0.4) is 0 Å². The average molecular weight is 289 g/mol. The van der Waals surface area contributed by atoms with Crippen molar-refractivity contribution in [1.82, 2.24) is 0 Å². The van der Waals surface area contributed by atoms with Gasteiger partial charge in [-0.25, -0.2) is 0 Å². The van der Waals surface area contributed by atoms with Crippen LogP contribution in [0.25, 0.3) is 0 Å². The fourth-order valence-corrected chi connectivity index (χ4v) is 2.55. The zero-order chi connectivity index (χ0) is 14.4. The predicted octanol–water partition coefficient (Wildman–Crippen LogP) is 2.80. The number of para-hydroxylation sites is 1. The fourth-order valence-electron chi connectivity index (χ4n) is 1.88. The van der Waals surface area contributed by atoms with Crippen molar-refractivity contribution in [1.29, 1.82) is 0 Å². The number of benzene rings is 1. The number of aliphatic carboxylic acids is 1. The smallest absolute Gasteiger partial charge is 0.305 e. The second-order valence-corrected chi connectivity index (χ2v) is 5.11. The molecule has 0 aliphatic carbocycles. The Kier molecular flexibility index (Phi) is 4.90. The Hall–Kier alpha value is -2.14. The maximum absolute atomic E-state index is 12.4. The number of carbonyl (C=O) groups is 2. The molecule has 1 heterocycles. The number of carboxylic acid groups (broad SMARTS) is 1. The normalized spacial score (nSPS) is 10.2. The Morgan fingerprint density at radius 2 is 1.90 bits per heavy atom. The van der Waals surface area contributed by atoms with E-state index in [-0.39, 0.29) is 25.3 Å². The number of anilines is 1. The monoisotopic (exact) mass is 289 g/mol. The summed E-state index contributed by atoms with van der Waals surface area (Å²) in [6, 6.07) is 11.1. The molecule has 0 fully saturated rings. The standard InChI is InChI=1S/C15H15NO3S/c17-14(10-12-7-9-20-11-12)16(8-6-15(18)19)13-4-2-1-3-5-13/h1-5,7,9,11H,6,8,10H2,(H,18,19). The predicted molar refractivity (Wildman–Crippen MR) is 79.1 cm³/mol. The van der Waals surface area contributed by atoms with Crippen molar-refractivity contribution in [3.05, 3.63) is 52.7 Å². The zero-order valence-electron chi connectivity index (χ0n) is 10.9. The van der Waals surface area contributed by atoms with Crippen molar-refractivity contribution >= 4 is 28.9 Å². The van der Waals surface area contributed by atoms with E-state index >= 15 is 0 Å². The van der Waals surface area contributed by atoms with Crippen molar-refractivity contribution in [3.8, 4) is 0 Å². The van der Waals surface area contributed by atoms with Crippen molar-refractivity contribution in [2.45, 2.75) is 12.8 Å². The summed E-state index contributed by atoms with van der Waals surface area (Å²) in [5, 5.41) is 12.7. The minimum Gasteiger partial charge on any atom is -0.481 e. The number of carbonyl (C=O) groups excluding carboxylic acids is 1. The van der Waals surface area contributed by atoms with Gasteiger partial charge in [0.25, 0.3) is 0 Å². The molecule has 0 saturated carbocycles. The first-order valence-corrected chi connectivity index (χ1v) is 7.19. The van der Waals surface area contributed by atoms with Crippen LogP contribution < -0.4 is 4.90 Å². The third-order valence-corrected chi connectivity index (χ3v) is 3.59. The molecule has 5 heteroatoms. The molecule has 0 aliphatic rings. The van der Waals surface area contributed by atoms with Crippen molar-refractivity contribution in [2.24, 2.45) is 0 Å². The summed E-state index contributed by atoms with van der Waals surface area (Å²) in [5.41, 5.74) is 1.69. The average Bonchev–Trinajstić information content (AvgIpc) is 2.92. The van der Waals surface area contributed by atoms with E-state index < -0.39 is 5.97 Å². The molecule has 1 N–H and O–H groups in total. The molecule has 20 heavy (non-hydrogen) atoms. The van der Waals surface area contributed by atoms with Gasteiger partial charge >= 0.3 is 5.97 Å². The lowest BCUT2D eigenvalue weighted by atomic mass is 10.2. The van der Waals surface area contributed by atoms with Crippen LogP contribution in [-0.4, -0.2) is 23.5 Å². The lowest BCUT2D eigenvalue weighted by Gasteiger charge is -2.22. The molecule has 0 radical (unpaired) electrons. The lowest BCUT2D eigenvalue weighted by Crippen LogP contribution is -2.34. The van der Waals surface area contributed by atoms with Crippen LogP contribution in [0.15, 0.2) is 47.2 Å². The molecule has 0 spiro atoms. The molecular weight excluding hydrogens is 274 g/mol. The fraction of sp³-hybridized carbons (Fsp3) is 0.200. The van der Waals surface area contributed by atoms with Gasteiger partial charge in [0.2, 0.25) is 5.91 Å². The lowest BCUT2D eigenvalue weighted by molar-refractivity contribution is -0.136. The van der Waals surface area contributed by atoms with E-state index in [1.54, 1.807) is 11.3 Å². The number of hydrogen-bond acceptors (Lipinski definition) is 3. The van der Waals surface area contributed by atoms with E-state index in [0.717, 1.165) is 11.3 Å². The second kappa shape index (κ2) is 6.86. The van der Waals surface area contributed by atoms with Gasteiger partial charge in [-0.05, 0) is 34.5 Å². The quantitative estimate of drug-likeness (QED) is 0.889. The zero-order valence-corrected chi connectivity index (χ0v) is 11.7. The number of rotatable bonds is 6. The minimum atomic E-state index is -0.908. The van der Waals surface area contributed by atoms with E-state index in [0.29, 0.717) is 0 Å². The first kappa shape index (κ1) is 14.3. The van der Waals surface area contributed by atoms with Gasteiger partial charge in [0, 0.05) is 12.2 Å². The molecule has 0 aliphatic heterocycles. The molecular formula is C15H15NO3S. The summed E-state index contributed by atoms with van der Waals surface area (Å²) in [4.78, 5) is 24.6. The van der Waals surface area contributed by atoms with Gasteiger partial charge in [-0.3, -0.25) is 9.59 Å². The molecule has 2 rings (SSSR count). The van der Waals surface area contributed by atoms with E-state index in [9.17, 15) is 9.59 Å². The second-order valence-electron chi connectivity index (χ2n) is 4.33. The van der Waals surface area contributed by atoms with Crippen LogP contribution in [0.2, 0.25) is 0 Å². The number of nitrogens with zero attached hydrogens (tertiary/aromatic N) is 1. The maximum Gasteiger partial charge on any atom is 0.305 e. The van der Waals surface area contributed by atoms with E-state index in [1.807, 2.05) is 47.2 Å². The summed E-state index contributed by atoms with van der Waals surface area (Å²) in [5.74, 6) is -0.995. The SMILES string of the molecule is O=C(O)CCN(C(=O)Cc1ccsc1)c1ccccc1. The number of thiophene rings is 1. The Morgan fingerprint density at radius 1 is 1.15 bits per heavy atom. The van der Waals surface area contributed by atoms with Crippen molar-refractivity contribution < 1.29 is 14.7 Å². The summed E-state index contributed by atoms with van der Waals surface area (Å²) < 4.78 is 0. The number of carboxylic acids is 1. The molecule has 0 atom stereocenters. The van der Waals surface area contributed by atoms with Crippen molar-refractivity contribution in [2.75, 3.05) is 11.4 Å². The molecule has 4 nitrogen and oxygen atoms in total. The van der Waals surface area contributed by atoms with Crippen LogP contribution in [0.4, 0.5) is 5.69 Å². The minimum absolute atomic E-state index is 0.0652. The summed E-state index contributed by atoms with van der Waals surface area (Å²) in [6.07, 6.45) is 0.224. The third kappa shape index (κ3) is 3.93. The van der Waals surface area contributed by atoms with Gasteiger partial charge < -0.3 is 10.0 Å². The first-order chi connectivity index (χ1) is 9.66. The van der Waals surface area contributed by atoms with Crippen LogP contribution in [0, 0.1) is 0 Å². The molecule has 0 bridgehead atoms. The molecule has 0 saturated heterocycles. The summed E-state index contributed by atoms with van der Waals surface area (Å²) >= 11 is 1.54. The van der Waals surface area contributed by atoms with E-state index in [2.05, 4.69) is 0 Å². The van der Waals surface area contributed by atoms with E-state index in [1.165, 1.54) is 4.90 Å². The first-order valence-electron chi connectivity index (χ1n) is 6.25. The van der Waals surface area contributed by atoms with Gasteiger partial charge in [0.1, 0.15) is 0 Å². The molecule has 1 aromatic heterocycles. The largest absolute Gasteiger partial charge is 0.481 e. The Balaban J connectivity index is 2.13. The van der Waals surface area contributed by atoms with Crippen LogP contribution in [0.1, 0.15) is 12.0 Å². The Morgan fingerprint density at radius 3 is 2.50 bits per heavy atom. The third-order valence-electron chi connectivity index (χ3n) is 2.85. The van der Waals surface area contributed by atoms with Gasteiger partial charge in [0.05, 0.1) is 12.8 Å². The summed E-state index contributed by atoms with van der Waals surface area (Å²) in [6.45, 7) is 0.183. The van der Waals surface area contributed by atoms with Crippen LogP contribution in [-0.2, 0) is 16.0 Å². The highest BCUT2D eigenvalue weighted by atomic mass is 32.1. The molecule has 104 valence electrons. The highest BCUT2D eigenvalue weighted by Crippen LogP contribution is 2.16. The van der Waals surface area contributed by atoms with Gasteiger partial charge in [-0.2, -0.15) is 11.3 Å². The maximum atomic E-state index is 12.4. The van der Waals surface area contributed by atoms with Crippen molar-refractivity contribution in [3.63, 3.8) is 0 Å². The van der Waals surface area contributed by atoms with Crippen LogP contribution >= 0.6 is 11.3 Å². The summed E-state index contributed by atoms with van der Waals surface area (Å²) in [7, 11) is 0. The highest BCUT2D eigenvalue weighted by molar-refractivity contribution is 7.08. The Labute approximate surface area is 121 Å². The molecule has 1 aromatic carbocycles. The molecule has 2 aromatic rings. The topological polar surface area (TPSA) is 57.6 Å². The molecule has 0 unspecified atom stereocenters. The Bertz CT molecular complexity index is 566. The number of amides is 1. The van der Waals surface area contributed by atoms with Gasteiger partial charge in [-0.15, -0.1) is 0 Å². The van der Waals surface area contributed by atoms with Gasteiger partial charge in [-0.1, -0.05) is 18.2 Å². The molecule has 1 amide bonds. The van der Waals surface area contributed by atoms with E-state index in [4.69, 9.17) is 5.11 Å².